The topological polar surface area (TPSA) is 48.5 Å². The summed E-state index contributed by atoms with van der Waals surface area (Å²) in [6.45, 7) is 0. The monoisotopic (exact) mass is 568 g/mol. The van der Waals surface area contributed by atoms with Crippen molar-refractivity contribution in [3.05, 3.63) is 152 Å². The zero-order valence-electron chi connectivity index (χ0n) is 28.3. The Hall–Kier alpha value is -6.07. The molecule has 0 bridgehead atoms. The molecule has 5 nitrogen and oxygen atoms in total. The molecular formula is C39H25N5. The summed E-state index contributed by atoms with van der Waals surface area (Å²) in [5, 5.41) is 4.14. The van der Waals surface area contributed by atoms with Crippen LogP contribution in [0, 0.1) is 0 Å². The Labute approximate surface area is 260 Å². The lowest BCUT2D eigenvalue weighted by Crippen LogP contribution is -2.07. The van der Waals surface area contributed by atoms with E-state index >= 15 is 0 Å². The van der Waals surface area contributed by atoms with Crippen LogP contribution >= 0.6 is 0 Å². The summed E-state index contributed by atoms with van der Waals surface area (Å²) in [6.07, 6.45) is 0. The van der Waals surface area contributed by atoms with Gasteiger partial charge in [0.25, 0.3) is 0 Å². The summed E-state index contributed by atoms with van der Waals surface area (Å²) < 4.78 is 46.7. The van der Waals surface area contributed by atoms with E-state index in [1.807, 2.05) is 83.4 Å². The Bertz CT molecular complexity index is 2750. The molecule has 9 rings (SSSR count). The highest BCUT2D eigenvalue weighted by Crippen LogP contribution is 2.41. The summed E-state index contributed by atoms with van der Waals surface area (Å²) in [5.74, 6) is 0.566. The average molecular weight is 569 g/mol. The molecule has 0 saturated heterocycles. The molecule has 0 aliphatic carbocycles. The van der Waals surface area contributed by atoms with E-state index in [9.17, 15) is 0 Å². The van der Waals surface area contributed by atoms with Gasteiger partial charge >= 0.3 is 0 Å². The predicted molar refractivity (Wildman–Crippen MR) is 179 cm³/mol. The second-order valence-electron chi connectivity index (χ2n) is 10.5. The van der Waals surface area contributed by atoms with Crippen molar-refractivity contribution in [3.8, 4) is 34.4 Å². The molecule has 0 amide bonds. The van der Waals surface area contributed by atoms with Crippen molar-refractivity contribution in [3.63, 3.8) is 0 Å². The highest BCUT2D eigenvalue weighted by atomic mass is 15.2. The van der Waals surface area contributed by atoms with Crippen LogP contribution < -0.4 is 0 Å². The maximum Gasteiger partial charge on any atom is 0.238 e. The first-order valence-electron chi connectivity index (χ1n) is 16.8. The third-order valence-electron chi connectivity index (χ3n) is 8.06. The van der Waals surface area contributed by atoms with Gasteiger partial charge in [-0.05, 0) is 24.3 Å². The van der Waals surface area contributed by atoms with Crippen molar-refractivity contribution in [1.29, 1.82) is 0 Å². The predicted octanol–water partition coefficient (Wildman–Crippen LogP) is 9.40. The third-order valence-corrected chi connectivity index (χ3v) is 8.06. The van der Waals surface area contributed by atoms with Gasteiger partial charge in [-0.1, -0.05) is 127 Å². The summed E-state index contributed by atoms with van der Waals surface area (Å²) in [5.41, 5.74) is 5.35. The summed E-state index contributed by atoms with van der Waals surface area (Å²) in [4.78, 5) is 14.7. The maximum absolute atomic E-state index is 8.77. The molecule has 0 unspecified atom stereocenters. The Balaban J connectivity index is 1.48. The summed E-state index contributed by atoms with van der Waals surface area (Å²) >= 11 is 0. The molecular weight excluding hydrogens is 538 g/mol. The van der Waals surface area contributed by atoms with Gasteiger partial charge in [0.2, 0.25) is 5.95 Å². The van der Waals surface area contributed by atoms with Crippen molar-refractivity contribution in [2.45, 2.75) is 0 Å². The van der Waals surface area contributed by atoms with Crippen LogP contribution in [0.4, 0.5) is 0 Å². The van der Waals surface area contributed by atoms with E-state index in [-0.39, 0.29) is 29.4 Å². The molecule has 0 N–H and O–H groups in total. The highest BCUT2D eigenvalue weighted by Gasteiger charge is 2.23. The molecule has 0 spiro atoms. The number of hydrogen-bond acceptors (Lipinski definition) is 3. The van der Waals surface area contributed by atoms with Crippen LogP contribution in [0.25, 0.3) is 78.0 Å². The van der Waals surface area contributed by atoms with Crippen LogP contribution in [0.5, 0.6) is 0 Å². The summed E-state index contributed by atoms with van der Waals surface area (Å²) in [6, 6.07) is 38.2. The van der Waals surface area contributed by atoms with Crippen molar-refractivity contribution in [2.24, 2.45) is 0 Å². The van der Waals surface area contributed by atoms with Crippen LogP contribution in [0.15, 0.2) is 152 Å². The second kappa shape index (κ2) is 9.75. The van der Waals surface area contributed by atoms with E-state index in [0.29, 0.717) is 11.4 Å². The van der Waals surface area contributed by atoms with E-state index in [4.69, 9.17) is 21.8 Å². The number of nitrogens with zero attached hydrogens (tertiary/aromatic N) is 5. The first-order valence-corrected chi connectivity index (χ1v) is 14.3. The molecule has 44 heavy (non-hydrogen) atoms. The number of hydrogen-bond donors (Lipinski definition) is 0. The van der Waals surface area contributed by atoms with E-state index in [2.05, 4.69) is 47.0 Å². The number of para-hydroxylation sites is 3. The molecule has 5 heteroatoms. The van der Waals surface area contributed by atoms with Gasteiger partial charge in [-0.2, -0.15) is 9.97 Å². The Morgan fingerprint density at radius 1 is 0.432 bits per heavy atom. The van der Waals surface area contributed by atoms with E-state index in [1.165, 1.54) is 0 Å². The number of rotatable bonds is 4. The number of benzene rings is 6. The highest BCUT2D eigenvalue weighted by molar-refractivity contribution is 6.23. The molecule has 0 aliphatic rings. The van der Waals surface area contributed by atoms with Crippen molar-refractivity contribution >= 4 is 43.6 Å². The Kier molecular flexibility index (Phi) is 4.42. The van der Waals surface area contributed by atoms with E-state index in [0.717, 1.165) is 49.3 Å². The lowest BCUT2D eigenvalue weighted by molar-refractivity contribution is 0.953. The fraction of sp³-hybridized carbons (Fsp3) is 0. The number of aromatic nitrogens is 5. The standard InChI is InChI=1S/C39H25N5/c1-4-14-26(15-5-1)37-40-38(27-16-6-2-7-17-27)42-39(41-37)44-34-23-13-11-21-30(34)32-25-24-31-29-20-10-12-22-33(29)43(35(31)36(32)44)28-18-8-3-9-19-28/h1-25H/i1D,4D,5D,14D,15D. The molecule has 0 fully saturated rings. The molecule has 3 aromatic heterocycles. The minimum Gasteiger partial charge on any atom is -0.307 e. The maximum atomic E-state index is 8.77. The van der Waals surface area contributed by atoms with Gasteiger partial charge in [0.1, 0.15) is 0 Å². The zero-order chi connectivity index (χ0) is 33.4. The first-order chi connectivity index (χ1) is 23.9. The van der Waals surface area contributed by atoms with E-state index in [1.54, 1.807) is 0 Å². The zero-order valence-corrected chi connectivity index (χ0v) is 23.3. The lowest BCUT2D eigenvalue weighted by atomic mass is 10.1. The van der Waals surface area contributed by atoms with Crippen LogP contribution in [0.1, 0.15) is 6.85 Å². The van der Waals surface area contributed by atoms with Gasteiger partial charge in [0, 0.05) is 38.4 Å². The molecule has 0 aliphatic heterocycles. The van der Waals surface area contributed by atoms with Gasteiger partial charge in [0.05, 0.1) is 28.9 Å². The van der Waals surface area contributed by atoms with Gasteiger partial charge in [-0.25, -0.2) is 4.98 Å². The van der Waals surface area contributed by atoms with Crippen LogP contribution in [0.2, 0.25) is 0 Å². The SMILES string of the molecule is [2H]c1c([2H])c([2H])c(-c2nc(-c3ccccc3)nc(-n3c4ccccc4c4ccc5c6ccccc6n(-c6ccccc6)c5c43)n2)c([2H])c1[2H]. The van der Waals surface area contributed by atoms with Crippen molar-refractivity contribution in [1.82, 2.24) is 24.1 Å². The normalized spacial score (nSPS) is 13.2. The van der Waals surface area contributed by atoms with Gasteiger partial charge in [-0.3, -0.25) is 4.57 Å². The molecule has 0 atom stereocenters. The summed E-state index contributed by atoms with van der Waals surface area (Å²) in [7, 11) is 0. The molecule has 0 radical (unpaired) electrons. The van der Waals surface area contributed by atoms with E-state index < -0.39 is 18.1 Å². The minimum absolute atomic E-state index is 0.0115. The fourth-order valence-corrected chi connectivity index (χ4v) is 6.21. The van der Waals surface area contributed by atoms with Gasteiger partial charge < -0.3 is 4.57 Å². The average Bonchev–Trinajstić information content (AvgIpc) is 3.67. The van der Waals surface area contributed by atoms with Crippen LogP contribution in [0.3, 0.4) is 0 Å². The van der Waals surface area contributed by atoms with Gasteiger partial charge in [0.15, 0.2) is 11.6 Å². The molecule has 206 valence electrons. The Morgan fingerprint density at radius 2 is 0.955 bits per heavy atom. The quantitative estimate of drug-likeness (QED) is 0.212. The van der Waals surface area contributed by atoms with Crippen LogP contribution in [-0.4, -0.2) is 24.1 Å². The third kappa shape index (κ3) is 3.69. The molecule has 6 aromatic carbocycles. The van der Waals surface area contributed by atoms with Crippen LogP contribution in [-0.2, 0) is 0 Å². The van der Waals surface area contributed by atoms with Gasteiger partial charge in [-0.15, -0.1) is 0 Å². The Morgan fingerprint density at radius 3 is 1.61 bits per heavy atom. The molecule has 0 saturated carbocycles. The smallest absolute Gasteiger partial charge is 0.238 e. The molecule has 3 heterocycles. The first kappa shape index (κ1) is 19.9. The largest absolute Gasteiger partial charge is 0.307 e. The minimum atomic E-state index is -0.477. The fourth-order valence-electron chi connectivity index (χ4n) is 6.21. The molecule has 9 aromatic rings. The number of fused-ring (bicyclic) bond motifs is 7. The lowest BCUT2D eigenvalue weighted by Gasteiger charge is -2.13. The van der Waals surface area contributed by atoms with Crippen molar-refractivity contribution in [2.75, 3.05) is 0 Å². The van der Waals surface area contributed by atoms with Crippen molar-refractivity contribution < 1.29 is 6.85 Å². The second-order valence-corrected chi connectivity index (χ2v) is 10.5.